The quantitative estimate of drug-likeness (QED) is 0.0378. The number of aliphatic hydroxyl groups is 1. The summed E-state index contributed by atoms with van der Waals surface area (Å²) in [6.45, 7) is 0.0600. The minimum atomic E-state index is -3.21. The number of aldehydes is 1. The molecular formula is C47H72B3O16P7. The summed E-state index contributed by atoms with van der Waals surface area (Å²) in [6, 6.07) is 19.7. The highest BCUT2D eigenvalue weighted by atomic mass is 31.2. The third kappa shape index (κ3) is 20.0. The summed E-state index contributed by atoms with van der Waals surface area (Å²) in [7, 11) is 14.6. The number of aryl methyl sites for hydroxylation is 2. The Morgan fingerprint density at radius 2 is 1.07 bits per heavy atom. The standard InChI is InChI=1S/C18H23BO4P2.C12H17O4P.C8H15BO4P2.C8H13BO4P2.CH4/c20-13(7-6-12-4-2-1-3-5-12)8-9-14-15-10-18(21)22-16(15)11-17(14)23-19(24)25;1-15-17(14,16-2)10-12(13)9-8-11-6-4-3-5-7-11;2*10-3-5-4-1-8(11)12-6(4)2-7(5)13-9(14)15;/h1-5,8-9,14-17H,6-7,10-11,24-25H2;3-7H,8-10H2,1-2H3;4-7,10H,1-3,14-15H2;3-7H,1-2,14-15H2;1H4/b9-8+;;;;/t14-,15-,16+,17-;;2*4-,5-,6+,7-;/m1.11./s1. The van der Waals surface area contributed by atoms with E-state index in [9.17, 15) is 38.4 Å². The van der Waals surface area contributed by atoms with Crippen LogP contribution in [0.25, 0.3) is 0 Å². The zero-order valence-corrected chi connectivity index (χ0v) is 48.5. The maximum absolute atomic E-state index is 12.2. The average Bonchev–Trinajstić information content (AvgIpc) is 4.18. The molecule has 1 N–H and O–H groups in total. The molecule has 400 valence electrons. The van der Waals surface area contributed by atoms with Crippen LogP contribution in [0, 0.1) is 35.5 Å². The summed E-state index contributed by atoms with van der Waals surface area (Å²) in [5, 5.41) is 9.32. The molecule has 6 unspecified atom stereocenters. The number of hydrogen-bond donors (Lipinski definition) is 1. The van der Waals surface area contributed by atoms with Crippen LogP contribution in [0.15, 0.2) is 72.8 Å². The van der Waals surface area contributed by atoms with Gasteiger partial charge in [0.15, 0.2) is 5.78 Å². The van der Waals surface area contributed by atoms with Crippen molar-refractivity contribution in [2.45, 2.75) is 108 Å². The van der Waals surface area contributed by atoms with E-state index in [1.165, 1.54) is 14.2 Å². The van der Waals surface area contributed by atoms with E-state index in [1.807, 2.05) is 66.7 Å². The van der Waals surface area contributed by atoms with E-state index in [4.69, 9.17) is 37.2 Å². The van der Waals surface area contributed by atoms with E-state index in [2.05, 4.69) is 54.7 Å². The number of carbonyl (C=O) groups is 6. The SMILES string of the molecule is C.COP(=O)(CC(=O)CCc1ccccc1)OC.O=C(/C=C/[C@@H]1[C@H]2CC(=O)O[C@H]2C[C@H]1OB(P)P)CCc1ccccc1.O=C1C[C@@H]2[C@@H](CO)[C@H](OB(P)P)C[C@@H]2O1.O=C[C@@H]1[C@H]2CC(=O)O[C@H]2C[C@H]1OB(P)P. The number of esters is 3. The number of hydrogen-bond acceptors (Lipinski definition) is 16. The van der Waals surface area contributed by atoms with Crippen LogP contribution in [0.2, 0.25) is 0 Å². The molecule has 2 aromatic carbocycles. The second-order valence-corrected chi connectivity index (χ2v) is 26.9. The Hall–Kier alpha value is -1.64. The summed E-state index contributed by atoms with van der Waals surface area (Å²) in [5.41, 5.74) is 2.25. The summed E-state index contributed by atoms with van der Waals surface area (Å²) in [6.07, 6.45) is 9.26. The predicted octanol–water partition coefficient (Wildman–Crippen LogP) is 6.43. The molecule has 2 aromatic rings. The molecule has 3 heterocycles. The topological polar surface area (TPSA) is 214 Å². The van der Waals surface area contributed by atoms with Gasteiger partial charge >= 0.3 is 44.6 Å². The Labute approximate surface area is 445 Å². The van der Waals surface area contributed by atoms with Crippen LogP contribution in [-0.2, 0) is 83.4 Å². The van der Waals surface area contributed by atoms with E-state index in [-0.39, 0.29) is 141 Å². The number of carbonyl (C=O) groups excluding carboxylic acids is 6. The highest BCUT2D eigenvalue weighted by Crippen LogP contribution is 2.47. The predicted molar refractivity (Wildman–Crippen MR) is 303 cm³/mol. The first kappa shape index (κ1) is 63.9. The van der Waals surface area contributed by atoms with Crippen molar-refractivity contribution in [2.24, 2.45) is 35.5 Å². The number of fused-ring (bicyclic) bond motifs is 3. The van der Waals surface area contributed by atoms with Crippen LogP contribution < -0.4 is 0 Å². The fraction of sp³-hybridized carbons (Fsp3) is 0.574. The lowest BCUT2D eigenvalue weighted by atomic mass is 9.91. The molecule has 18 atom stereocenters. The van der Waals surface area contributed by atoms with Gasteiger partial charge in [0.2, 0.25) is 0 Å². The van der Waals surface area contributed by atoms with Gasteiger partial charge in [-0.25, -0.2) is 0 Å². The first-order chi connectivity index (χ1) is 34.3. The summed E-state index contributed by atoms with van der Waals surface area (Å²) in [4.78, 5) is 68.6. The lowest BCUT2D eigenvalue weighted by molar-refractivity contribution is -0.142. The zero-order chi connectivity index (χ0) is 52.5. The van der Waals surface area contributed by atoms with Gasteiger partial charge in [0.05, 0.1) is 31.5 Å². The van der Waals surface area contributed by atoms with Crippen LogP contribution in [0.5, 0.6) is 0 Å². The molecule has 0 aromatic heterocycles. The summed E-state index contributed by atoms with van der Waals surface area (Å²) < 4.78 is 54.0. The molecule has 8 rings (SSSR count). The largest absolute Gasteiger partial charge is 0.462 e. The van der Waals surface area contributed by atoms with Gasteiger partial charge in [0.25, 0.3) is 0 Å². The Balaban J connectivity index is 0.000000216. The maximum atomic E-state index is 12.2. The molecule has 3 saturated heterocycles. The molecule has 6 fully saturated rings. The van der Waals surface area contributed by atoms with E-state index in [0.29, 0.717) is 57.8 Å². The molecule has 0 bridgehead atoms. The van der Waals surface area contributed by atoms with Crippen molar-refractivity contribution in [3.05, 3.63) is 83.9 Å². The van der Waals surface area contributed by atoms with Gasteiger partial charge in [-0.3, -0.25) is 28.5 Å². The number of aliphatic hydroxyl groups excluding tert-OH is 1. The number of rotatable bonds is 20. The van der Waals surface area contributed by atoms with Crippen molar-refractivity contribution in [2.75, 3.05) is 27.0 Å². The minimum absolute atomic E-state index is 0. The van der Waals surface area contributed by atoms with Gasteiger partial charge in [-0.05, 0) is 30.0 Å². The van der Waals surface area contributed by atoms with Crippen molar-refractivity contribution >= 4 is 117 Å². The smallest absolute Gasteiger partial charge is 0.337 e. The van der Waals surface area contributed by atoms with E-state index in [1.54, 1.807) is 6.08 Å². The van der Waals surface area contributed by atoms with Gasteiger partial charge in [0, 0.05) is 94.5 Å². The van der Waals surface area contributed by atoms with Crippen LogP contribution in [0.4, 0.5) is 0 Å². The molecule has 3 aliphatic carbocycles. The summed E-state index contributed by atoms with van der Waals surface area (Å²) >= 11 is 0. The average molecular weight is 1140 g/mol. The molecular weight excluding hydrogens is 1070 g/mol. The van der Waals surface area contributed by atoms with Crippen LogP contribution in [-0.4, -0.2) is 124 Å². The van der Waals surface area contributed by atoms with Gasteiger partial charge in [0.1, 0.15) is 36.5 Å². The molecule has 6 aliphatic rings. The zero-order valence-electron chi connectivity index (χ0n) is 40.6. The molecule has 0 spiro atoms. The molecule has 26 heteroatoms. The van der Waals surface area contributed by atoms with E-state index in [0.717, 1.165) is 23.8 Å². The van der Waals surface area contributed by atoms with Crippen molar-refractivity contribution in [3.63, 3.8) is 0 Å². The molecule has 73 heavy (non-hydrogen) atoms. The highest BCUT2D eigenvalue weighted by molar-refractivity contribution is 7.92. The second kappa shape index (κ2) is 31.7. The normalized spacial score (nSPS) is 28.3. The third-order valence-electron chi connectivity index (χ3n) is 13.6. The molecule has 3 saturated carbocycles. The van der Waals surface area contributed by atoms with E-state index >= 15 is 0 Å². The molecule has 0 amide bonds. The van der Waals surface area contributed by atoms with Gasteiger partial charge in [-0.2, -0.15) is 0 Å². The van der Waals surface area contributed by atoms with Crippen molar-refractivity contribution < 1.29 is 75.7 Å². The Morgan fingerprint density at radius 3 is 1.52 bits per heavy atom. The van der Waals surface area contributed by atoms with Crippen molar-refractivity contribution in [1.29, 1.82) is 0 Å². The van der Waals surface area contributed by atoms with Crippen LogP contribution in [0.3, 0.4) is 0 Å². The van der Waals surface area contributed by atoms with Crippen LogP contribution in [0.1, 0.15) is 69.9 Å². The maximum Gasteiger partial charge on any atom is 0.337 e. The number of allylic oxidation sites excluding steroid dienone is 1. The number of benzene rings is 2. The Kier molecular flexibility index (Phi) is 27.7. The van der Waals surface area contributed by atoms with Gasteiger partial charge in [-0.1, -0.05) is 74.2 Å². The van der Waals surface area contributed by atoms with E-state index < -0.39 is 7.60 Å². The van der Waals surface area contributed by atoms with Gasteiger partial charge in [-0.15, -0.1) is 54.7 Å². The first-order valence-corrected chi connectivity index (χ1v) is 29.7. The number of ketones is 2. The lowest BCUT2D eigenvalue weighted by Gasteiger charge is -2.22. The third-order valence-corrected chi connectivity index (χ3v) is 16.4. The lowest BCUT2D eigenvalue weighted by Crippen LogP contribution is -2.28. The van der Waals surface area contributed by atoms with Crippen molar-refractivity contribution in [3.8, 4) is 0 Å². The van der Waals surface area contributed by atoms with Crippen LogP contribution >= 0.6 is 62.3 Å². The first-order valence-electron chi connectivity index (χ1n) is 24.0. The second-order valence-electron chi connectivity index (χ2n) is 18.4. The monoisotopic (exact) mass is 1140 g/mol. The Morgan fingerprint density at radius 1 is 0.658 bits per heavy atom. The van der Waals surface area contributed by atoms with Crippen molar-refractivity contribution in [1.82, 2.24) is 0 Å². The van der Waals surface area contributed by atoms with Gasteiger partial charge < -0.3 is 47.1 Å². The molecule has 16 nitrogen and oxygen atoms in total. The number of Topliss-reactive ketones (excluding diaryl/α,β-unsaturated/α-hetero) is 1. The Bertz CT molecular complexity index is 2180. The molecule has 0 radical (unpaired) electrons. The highest BCUT2D eigenvalue weighted by Gasteiger charge is 2.52. The molecule has 3 aliphatic heterocycles. The fourth-order valence-electron chi connectivity index (χ4n) is 10.2. The summed E-state index contributed by atoms with van der Waals surface area (Å²) in [5.74, 6) is -0.338. The minimum Gasteiger partial charge on any atom is -0.462 e. The number of ether oxygens (including phenoxy) is 3. The fourth-order valence-corrected chi connectivity index (χ4v) is 12.4.